The summed E-state index contributed by atoms with van der Waals surface area (Å²) in [5.41, 5.74) is 0. The fraction of sp³-hybridized carbons (Fsp3) is 0.882. The van der Waals surface area contributed by atoms with Crippen molar-refractivity contribution in [1.82, 2.24) is 9.44 Å². The van der Waals surface area contributed by atoms with E-state index in [1.807, 2.05) is 12.1 Å². The van der Waals surface area contributed by atoms with E-state index in [0.717, 1.165) is 0 Å². The van der Waals surface area contributed by atoms with Crippen LogP contribution in [0.1, 0.15) is 78.1 Å². The third-order valence-corrected chi connectivity index (χ3v) is 9.52. The second kappa shape index (κ2) is 13.1. The number of hydrogen-bond donors (Lipinski definition) is 2. The molecule has 0 saturated heterocycles. The standard InChI is InChI=1S/C17H32N4O4S2/c1-3-11-17(12-4-2,26(22,23)20-15-9-5-7-13-18)27(24,25)21-16-10-6-8-14-19/h20-21H,3-12,15-16H2,1-2H3. The predicted molar refractivity (Wildman–Crippen MR) is 105 cm³/mol. The Hall–Kier alpha value is -1.20. The van der Waals surface area contributed by atoms with Crippen LogP contribution in [0.25, 0.3) is 0 Å². The van der Waals surface area contributed by atoms with Crippen LogP contribution >= 0.6 is 0 Å². The molecule has 0 atom stereocenters. The Balaban J connectivity index is 5.43. The second-order valence-corrected chi connectivity index (χ2v) is 10.8. The zero-order valence-electron chi connectivity index (χ0n) is 16.3. The van der Waals surface area contributed by atoms with Crippen LogP contribution in [-0.4, -0.2) is 34.0 Å². The lowest BCUT2D eigenvalue weighted by molar-refractivity contribution is 0.483. The van der Waals surface area contributed by atoms with Gasteiger partial charge in [-0.1, -0.05) is 26.7 Å². The molecule has 0 aliphatic rings. The molecule has 0 fully saturated rings. The summed E-state index contributed by atoms with van der Waals surface area (Å²) in [6, 6.07) is 3.99. The van der Waals surface area contributed by atoms with Gasteiger partial charge < -0.3 is 0 Å². The number of rotatable bonds is 16. The third kappa shape index (κ3) is 7.74. The van der Waals surface area contributed by atoms with Crippen LogP contribution < -0.4 is 9.44 Å². The van der Waals surface area contributed by atoms with Crippen LogP contribution in [0.5, 0.6) is 0 Å². The van der Waals surface area contributed by atoms with Gasteiger partial charge in [0.05, 0.1) is 12.1 Å². The van der Waals surface area contributed by atoms with Crippen molar-refractivity contribution in [2.45, 2.75) is 82.1 Å². The molecule has 2 N–H and O–H groups in total. The Bertz CT molecular complexity index is 644. The molecular weight excluding hydrogens is 388 g/mol. The monoisotopic (exact) mass is 420 g/mol. The largest absolute Gasteiger partial charge is 0.233 e. The third-order valence-electron chi connectivity index (χ3n) is 4.26. The highest BCUT2D eigenvalue weighted by atomic mass is 32.3. The minimum Gasteiger partial charge on any atom is -0.214 e. The van der Waals surface area contributed by atoms with E-state index in [9.17, 15) is 16.8 Å². The van der Waals surface area contributed by atoms with Crippen LogP contribution in [0.15, 0.2) is 0 Å². The van der Waals surface area contributed by atoms with Gasteiger partial charge in [0.25, 0.3) is 0 Å². The Morgan fingerprint density at radius 3 is 1.41 bits per heavy atom. The molecule has 0 bridgehead atoms. The maximum absolute atomic E-state index is 13.0. The van der Waals surface area contributed by atoms with E-state index in [0.29, 0.717) is 51.4 Å². The summed E-state index contributed by atoms with van der Waals surface area (Å²) in [6.45, 7) is 3.73. The molecule has 156 valence electrons. The topological polar surface area (TPSA) is 140 Å². The van der Waals surface area contributed by atoms with Crippen LogP contribution in [0, 0.1) is 22.7 Å². The fourth-order valence-electron chi connectivity index (χ4n) is 2.90. The quantitative estimate of drug-likeness (QED) is 0.368. The molecule has 0 aromatic heterocycles. The molecule has 27 heavy (non-hydrogen) atoms. The van der Waals surface area contributed by atoms with Crippen LogP contribution in [-0.2, 0) is 20.0 Å². The lowest BCUT2D eigenvalue weighted by Crippen LogP contribution is -2.56. The van der Waals surface area contributed by atoms with Gasteiger partial charge in [-0.2, -0.15) is 10.5 Å². The minimum absolute atomic E-state index is 0.00188. The van der Waals surface area contributed by atoms with E-state index in [4.69, 9.17) is 10.5 Å². The minimum atomic E-state index is -4.14. The molecule has 0 aliphatic carbocycles. The van der Waals surface area contributed by atoms with Crippen molar-refractivity contribution >= 4 is 20.0 Å². The van der Waals surface area contributed by atoms with E-state index >= 15 is 0 Å². The predicted octanol–water partition coefficient (Wildman–Crippen LogP) is 2.51. The van der Waals surface area contributed by atoms with Gasteiger partial charge in [0.1, 0.15) is 0 Å². The maximum Gasteiger partial charge on any atom is 0.233 e. The highest BCUT2D eigenvalue weighted by Gasteiger charge is 2.53. The Morgan fingerprint density at radius 1 is 0.741 bits per heavy atom. The average molecular weight is 421 g/mol. The molecule has 0 aliphatic heterocycles. The molecule has 0 radical (unpaired) electrons. The molecule has 0 amide bonds. The number of sulfonamides is 2. The molecule has 0 saturated carbocycles. The molecule has 0 rings (SSSR count). The van der Waals surface area contributed by atoms with Crippen molar-refractivity contribution in [2.24, 2.45) is 0 Å². The molecule has 8 nitrogen and oxygen atoms in total. The van der Waals surface area contributed by atoms with Gasteiger partial charge in [0, 0.05) is 25.9 Å². The highest BCUT2D eigenvalue weighted by Crippen LogP contribution is 2.34. The van der Waals surface area contributed by atoms with Crippen molar-refractivity contribution in [1.29, 1.82) is 10.5 Å². The molecule has 0 aromatic rings. The van der Waals surface area contributed by atoms with Gasteiger partial charge in [0.15, 0.2) is 0 Å². The SMILES string of the molecule is CCCC(CCC)(S(=O)(=O)NCCCCC#N)S(=O)(=O)NCCCCC#N. The first kappa shape index (κ1) is 25.8. The summed E-state index contributed by atoms with van der Waals surface area (Å²) in [7, 11) is -8.27. The van der Waals surface area contributed by atoms with Gasteiger partial charge in [-0.25, -0.2) is 26.3 Å². The Labute approximate surface area is 164 Å². The number of nitrogens with one attached hydrogen (secondary N) is 2. The average Bonchev–Trinajstić information content (AvgIpc) is 2.60. The summed E-state index contributed by atoms with van der Waals surface area (Å²) < 4.78 is 55.0. The van der Waals surface area contributed by atoms with Crippen molar-refractivity contribution in [3.63, 3.8) is 0 Å². The van der Waals surface area contributed by atoms with Gasteiger partial charge in [0.2, 0.25) is 24.1 Å². The number of unbranched alkanes of at least 4 members (excludes halogenated alkanes) is 4. The smallest absolute Gasteiger partial charge is 0.214 e. The molecule has 0 unspecified atom stereocenters. The summed E-state index contributed by atoms with van der Waals surface area (Å²) in [4.78, 5) is 0. The summed E-state index contributed by atoms with van der Waals surface area (Å²) in [5, 5.41) is 17.1. The molecule has 0 aromatic carbocycles. The zero-order chi connectivity index (χ0) is 20.8. The first-order chi connectivity index (χ1) is 12.7. The molecule has 0 spiro atoms. The number of hydrogen-bond acceptors (Lipinski definition) is 6. The lowest BCUT2D eigenvalue weighted by atomic mass is 10.1. The van der Waals surface area contributed by atoms with Crippen molar-refractivity contribution in [2.75, 3.05) is 13.1 Å². The van der Waals surface area contributed by atoms with Crippen molar-refractivity contribution < 1.29 is 16.8 Å². The van der Waals surface area contributed by atoms with E-state index in [1.165, 1.54) is 0 Å². The van der Waals surface area contributed by atoms with Gasteiger partial charge in [-0.15, -0.1) is 0 Å². The van der Waals surface area contributed by atoms with E-state index in [-0.39, 0.29) is 25.9 Å². The Kier molecular flexibility index (Phi) is 12.5. The summed E-state index contributed by atoms with van der Waals surface area (Å²) >= 11 is 0. The van der Waals surface area contributed by atoms with Crippen LogP contribution in [0.2, 0.25) is 0 Å². The van der Waals surface area contributed by atoms with Crippen molar-refractivity contribution in [3.05, 3.63) is 0 Å². The first-order valence-electron chi connectivity index (χ1n) is 9.47. The van der Waals surface area contributed by atoms with Crippen molar-refractivity contribution in [3.8, 4) is 12.1 Å². The molecular formula is C17H32N4O4S2. The second-order valence-electron chi connectivity index (χ2n) is 6.44. The van der Waals surface area contributed by atoms with E-state index < -0.39 is 24.1 Å². The number of nitriles is 2. The summed E-state index contributed by atoms with van der Waals surface area (Å²) in [6.07, 6.45) is 3.54. The normalized spacial score (nSPS) is 12.4. The molecule has 10 heteroatoms. The van der Waals surface area contributed by atoms with Crippen LogP contribution in [0.4, 0.5) is 0 Å². The van der Waals surface area contributed by atoms with Gasteiger partial charge >= 0.3 is 0 Å². The fourth-order valence-corrected chi connectivity index (χ4v) is 7.66. The number of nitrogens with zero attached hydrogens (tertiary/aromatic N) is 2. The maximum atomic E-state index is 13.0. The first-order valence-corrected chi connectivity index (χ1v) is 12.4. The van der Waals surface area contributed by atoms with Crippen LogP contribution in [0.3, 0.4) is 0 Å². The van der Waals surface area contributed by atoms with Gasteiger partial charge in [-0.05, 0) is 38.5 Å². The Morgan fingerprint density at radius 2 is 1.11 bits per heavy atom. The van der Waals surface area contributed by atoms with E-state index in [2.05, 4.69) is 9.44 Å². The highest BCUT2D eigenvalue weighted by molar-refractivity contribution is 8.08. The van der Waals surface area contributed by atoms with E-state index in [1.54, 1.807) is 13.8 Å². The van der Waals surface area contributed by atoms with Gasteiger partial charge in [-0.3, -0.25) is 0 Å². The lowest BCUT2D eigenvalue weighted by Gasteiger charge is -2.32. The zero-order valence-corrected chi connectivity index (χ0v) is 18.0. The molecule has 0 heterocycles. The summed E-state index contributed by atoms with van der Waals surface area (Å²) in [5.74, 6) is 0.